The second-order valence-electron chi connectivity index (χ2n) is 3.13. The summed E-state index contributed by atoms with van der Waals surface area (Å²) >= 11 is 4.94. The fourth-order valence-electron chi connectivity index (χ4n) is 1.24. The lowest BCUT2D eigenvalue weighted by Crippen LogP contribution is -2.62. The Morgan fingerprint density at radius 3 is 1.94 bits per heavy atom. The van der Waals surface area contributed by atoms with Crippen molar-refractivity contribution in [2.24, 2.45) is 0 Å². The van der Waals surface area contributed by atoms with Crippen LogP contribution < -0.4 is 0 Å². The van der Waals surface area contributed by atoms with Gasteiger partial charge in [-0.3, -0.25) is 0 Å². The SMILES string of the molecule is FC(F)(F)C1(C(F)(F)F)CC(OCCCl)S1. The third kappa shape index (κ3) is 2.38. The zero-order chi connectivity index (χ0) is 12.6. The van der Waals surface area contributed by atoms with Crippen LogP contribution in [-0.2, 0) is 4.74 Å². The number of thioether (sulfide) groups is 1. The van der Waals surface area contributed by atoms with Crippen molar-refractivity contribution in [2.75, 3.05) is 12.5 Å². The quantitative estimate of drug-likeness (QED) is 0.580. The molecule has 16 heavy (non-hydrogen) atoms. The van der Waals surface area contributed by atoms with Gasteiger partial charge in [-0.05, 0) is 0 Å². The van der Waals surface area contributed by atoms with E-state index in [4.69, 9.17) is 16.3 Å². The first kappa shape index (κ1) is 14.2. The molecule has 1 unspecified atom stereocenters. The third-order valence-electron chi connectivity index (χ3n) is 2.08. The Hall–Kier alpha value is 0.180. The van der Waals surface area contributed by atoms with Crippen LogP contribution in [0.1, 0.15) is 6.42 Å². The van der Waals surface area contributed by atoms with Gasteiger partial charge in [0.1, 0.15) is 5.44 Å². The smallest absolute Gasteiger partial charge is 0.366 e. The second-order valence-corrected chi connectivity index (χ2v) is 4.97. The maximum atomic E-state index is 12.3. The normalized spacial score (nSPS) is 25.3. The van der Waals surface area contributed by atoms with Gasteiger partial charge in [0.25, 0.3) is 0 Å². The Labute approximate surface area is 96.5 Å². The topological polar surface area (TPSA) is 9.23 Å². The van der Waals surface area contributed by atoms with Crippen molar-refractivity contribution < 1.29 is 31.1 Å². The van der Waals surface area contributed by atoms with Gasteiger partial charge in [-0.25, -0.2) is 0 Å². The molecule has 0 aliphatic carbocycles. The maximum absolute atomic E-state index is 12.3. The van der Waals surface area contributed by atoms with Crippen molar-refractivity contribution in [3.8, 4) is 0 Å². The van der Waals surface area contributed by atoms with E-state index < -0.39 is 29.0 Å². The number of rotatable bonds is 3. The number of alkyl halides is 7. The lowest BCUT2D eigenvalue weighted by atomic mass is 10.0. The van der Waals surface area contributed by atoms with Crippen LogP contribution in [0.2, 0.25) is 0 Å². The van der Waals surface area contributed by atoms with Gasteiger partial charge in [-0.15, -0.1) is 23.4 Å². The fourth-order valence-corrected chi connectivity index (χ4v) is 2.50. The summed E-state index contributed by atoms with van der Waals surface area (Å²) in [5.41, 5.74) is -1.10. The van der Waals surface area contributed by atoms with E-state index in [1.54, 1.807) is 0 Å². The van der Waals surface area contributed by atoms with E-state index >= 15 is 0 Å². The molecule has 9 heteroatoms. The summed E-state index contributed by atoms with van der Waals surface area (Å²) in [6, 6.07) is 0. The molecule has 0 N–H and O–H groups in total. The van der Waals surface area contributed by atoms with Gasteiger partial charge in [0, 0.05) is 12.3 Å². The van der Waals surface area contributed by atoms with Gasteiger partial charge >= 0.3 is 12.4 Å². The van der Waals surface area contributed by atoms with Crippen molar-refractivity contribution in [3.63, 3.8) is 0 Å². The van der Waals surface area contributed by atoms with Crippen LogP contribution in [0.5, 0.6) is 0 Å². The zero-order valence-electron chi connectivity index (χ0n) is 7.66. The number of ether oxygens (including phenoxy) is 1. The van der Waals surface area contributed by atoms with E-state index in [1.165, 1.54) is 0 Å². The highest BCUT2D eigenvalue weighted by Gasteiger charge is 2.77. The number of hydrogen-bond donors (Lipinski definition) is 0. The predicted molar refractivity (Wildman–Crippen MR) is 47.5 cm³/mol. The molecule has 0 radical (unpaired) electrons. The van der Waals surface area contributed by atoms with Crippen molar-refractivity contribution in [1.82, 2.24) is 0 Å². The van der Waals surface area contributed by atoms with Crippen molar-refractivity contribution in [3.05, 3.63) is 0 Å². The van der Waals surface area contributed by atoms with Crippen LogP contribution >= 0.6 is 23.4 Å². The van der Waals surface area contributed by atoms with Gasteiger partial charge in [0.2, 0.25) is 4.75 Å². The molecule has 1 fully saturated rings. The molecule has 1 aliphatic heterocycles. The molecule has 1 atom stereocenters. The molecule has 1 aliphatic rings. The van der Waals surface area contributed by atoms with E-state index in [2.05, 4.69) is 0 Å². The highest BCUT2D eigenvalue weighted by molar-refractivity contribution is 8.02. The fraction of sp³-hybridized carbons (Fsp3) is 1.00. The average molecular weight is 289 g/mol. The van der Waals surface area contributed by atoms with Gasteiger partial charge in [0.15, 0.2) is 0 Å². The molecule has 0 bridgehead atoms. The number of hydrogen-bond acceptors (Lipinski definition) is 2. The van der Waals surface area contributed by atoms with Crippen LogP contribution in [0.25, 0.3) is 0 Å². The first-order valence-corrected chi connectivity index (χ1v) is 5.54. The monoisotopic (exact) mass is 288 g/mol. The summed E-state index contributed by atoms with van der Waals surface area (Å²) in [4.78, 5) is 0. The average Bonchev–Trinajstić information content (AvgIpc) is 1.96. The lowest BCUT2D eigenvalue weighted by Gasteiger charge is -2.47. The molecule has 0 aromatic rings. The zero-order valence-corrected chi connectivity index (χ0v) is 9.23. The number of halogens is 7. The molecule has 0 saturated carbocycles. The molecule has 1 rings (SSSR count). The van der Waals surface area contributed by atoms with E-state index in [1.807, 2.05) is 0 Å². The van der Waals surface area contributed by atoms with Crippen LogP contribution in [0.3, 0.4) is 0 Å². The molecule has 0 spiro atoms. The molecule has 0 aromatic heterocycles. The standard InChI is InChI=1S/C7H7ClF6OS/c8-1-2-15-4-3-5(16-4,6(9,10)11)7(12,13)14/h4H,1-3H2. The summed E-state index contributed by atoms with van der Waals surface area (Å²) in [5.74, 6) is 0.0299. The van der Waals surface area contributed by atoms with E-state index in [-0.39, 0.29) is 24.2 Å². The molecular formula is C7H7ClF6OS. The van der Waals surface area contributed by atoms with Crippen LogP contribution in [-0.4, -0.2) is 35.0 Å². The Bertz CT molecular complexity index is 230. The minimum absolute atomic E-state index is 0.0299. The minimum atomic E-state index is -5.32. The third-order valence-corrected chi connectivity index (χ3v) is 3.84. The second kappa shape index (κ2) is 4.45. The van der Waals surface area contributed by atoms with Gasteiger partial charge in [-0.2, -0.15) is 26.3 Å². The molecule has 1 heterocycles. The van der Waals surface area contributed by atoms with Crippen LogP contribution in [0, 0.1) is 0 Å². The van der Waals surface area contributed by atoms with Crippen molar-refractivity contribution in [2.45, 2.75) is 29.0 Å². The summed E-state index contributed by atoms with van der Waals surface area (Å²) in [7, 11) is 0. The van der Waals surface area contributed by atoms with Gasteiger partial charge in [0.05, 0.1) is 6.61 Å². The summed E-state index contributed by atoms with van der Waals surface area (Å²) in [6.07, 6.45) is -11.8. The molecule has 0 amide bonds. The molecular weight excluding hydrogens is 282 g/mol. The molecule has 1 saturated heterocycles. The molecule has 96 valence electrons. The Morgan fingerprint density at radius 2 is 1.62 bits per heavy atom. The Kier molecular flexibility index (Phi) is 3.96. The molecule has 0 aromatic carbocycles. The van der Waals surface area contributed by atoms with E-state index in [9.17, 15) is 26.3 Å². The minimum Gasteiger partial charge on any atom is -0.366 e. The van der Waals surface area contributed by atoms with Gasteiger partial charge in [-0.1, -0.05) is 0 Å². The van der Waals surface area contributed by atoms with Crippen LogP contribution in [0.15, 0.2) is 0 Å². The Balaban J connectivity index is 2.68. The highest BCUT2D eigenvalue weighted by Crippen LogP contribution is 2.63. The van der Waals surface area contributed by atoms with E-state index in [0.717, 1.165) is 0 Å². The summed E-state index contributed by atoms with van der Waals surface area (Å²) < 4.78 is 75.0. The Morgan fingerprint density at radius 1 is 1.19 bits per heavy atom. The lowest BCUT2D eigenvalue weighted by molar-refractivity contribution is -0.276. The first-order valence-electron chi connectivity index (χ1n) is 4.13. The van der Waals surface area contributed by atoms with Crippen molar-refractivity contribution in [1.29, 1.82) is 0 Å². The predicted octanol–water partition coefficient (Wildman–Crippen LogP) is 3.57. The van der Waals surface area contributed by atoms with Gasteiger partial charge < -0.3 is 4.74 Å². The summed E-state index contributed by atoms with van der Waals surface area (Å²) in [5, 5.41) is 0. The van der Waals surface area contributed by atoms with Crippen LogP contribution in [0.4, 0.5) is 26.3 Å². The summed E-state index contributed by atoms with van der Waals surface area (Å²) in [6.45, 7) is -0.0645. The largest absolute Gasteiger partial charge is 0.412 e. The van der Waals surface area contributed by atoms with E-state index in [0.29, 0.717) is 0 Å². The molecule has 1 nitrogen and oxygen atoms in total. The maximum Gasteiger partial charge on any atom is 0.412 e. The van der Waals surface area contributed by atoms with Crippen molar-refractivity contribution >= 4 is 23.4 Å². The first-order chi connectivity index (χ1) is 7.14. The highest BCUT2D eigenvalue weighted by atomic mass is 35.5.